The van der Waals surface area contributed by atoms with Crippen molar-refractivity contribution in [1.29, 1.82) is 0 Å². The van der Waals surface area contributed by atoms with Gasteiger partial charge in [-0.05, 0) is 12.8 Å². The van der Waals surface area contributed by atoms with Crippen LogP contribution in [0.1, 0.15) is 149 Å². The molecule has 0 aromatic rings. The van der Waals surface area contributed by atoms with Gasteiger partial charge in [-0.2, -0.15) is 0 Å². The molecular weight excluding hydrogens is 495 g/mol. The fraction of sp³-hybridized carbons (Fsp3) is 0.929. The van der Waals surface area contributed by atoms with Crippen LogP contribution in [-0.2, 0) is 28.2 Å². The minimum absolute atomic E-state index is 0.218. The van der Waals surface area contributed by atoms with Crippen LogP contribution in [0, 0.1) is 0 Å². The second-order valence-corrected chi connectivity index (χ2v) is 11.3. The number of rotatable bonds is 27. The maximum atomic E-state index is 12.2. The summed E-state index contributed by atoms with van der Waals surface area (Å²) in [7, 11) is -4.72. The molecule has 0 aliphatic heterocycles. The molecule has 0 aromatic carbocycles. The first-order valence-electron chi connectivity index (χ1n) is 14.8. The number of esters is 2. The van der Waals surface area contributed by atoms with Crippen LogP contribution in [0.25, 0.3) is 0 Å². The van der Waals surface area contributed by atoms with Gasteiger partial charge in [-0.1, -0.05) is 123 Å². The molecule has 0 fully saturated rings. The van der Waals surface area contributed by atoms with Crippen molar-refractivity contribution in [3.63, 3.8) is 0 Å². The third kappa shape index (κ3) is 27.9. The monoisotopic (exact) mass is 550 g/mol. The second kappa shape index (κ2) is 25.3. The SMILES string of the molecule is CCCCCCCCCCCCCCCCCC(=O)OC(COC(=O)CCCCCC)COP(=O)(O)O. The molecule has 0 spiro atoms. The molecule has 0 aliphatic carbocycles. The molecule has 9 heteroatoms. The molecular formula is C28H55O8P. The van der Waals surface area contributed by atoms with Crippen molar-refractivity contribution in [2.75, 3.05) is 13.2 Å². The zero-order chi connectivity index (χ0) is 27.6. The molecule has 1 unspecified atom stereocenters. The Morgan fingerprint density at radius 2 is 0.973 bits per heavy atom. The van der Waals surface area contributed by atoms with Gasteiger partial charge in [0.2, 0.25) is 0 Å². The van der Waals surface area contributed by atoms with Crippen LogP contribution in [-0.4, -0.2) is 41.0 Å². The lowest BCUT2D eigenvalue weighted by Gasteiger charge is -2.18. The zero-order valence-electron chi connectivity index (χ0n) is 23.6. The van der Waals surface area contributed by atoms with E-state index in [0.29, 0.717) is 6.42 Å². The molecule has 37 heavy (non-hydrogen) atoms. The molecule has 0 saturated heterocycles. The van der Waals surface area contributed by atoms with Gasteiger partial charge in [0.25, 0.3) is 0 Å². The van der Waals surface area contributed by atoms with Crippen LogP contribution in [0.3, 0.4) is 0 Å². The van der Waals surface area contributed by atoms with Crippen molar-refractivity contribution in [2.24, 2.45) is 0 Å². The Hall–Kier alpha value is -0.950. The van der Waals surface area contributed by atoms with Crippen molar-refractivity contribution >= 4 is 19.8 Å². The Kier molecular flexibility index (Phi) is 24.7. The molecule has 0 rings (SSSR count). The largest absolute Gasteiger partial charge is 0.469 e. The highest BCUT2D eigenvalue weighted by Gasteiger charge is 2.22. The van der Waals surface area contributed by atoms with Crippen molar-refractivity contribution in [3.05, 3.63) is 0 Å². The van der Waals surface area contributed by atoms with E-state index in [0.717, 1.165) is 38.5 Å². The molecule has 0 heterocycles. The molecule has 220 valence electrons. The topological polar surface area (TPSA) is 119 Å². The van der Waals surface area contributed by atoms with Gasteiger partial charge in [0.1, 0.15) is 6.61 Å². The van der Waals surface area contributed by atoms with Crippen molar-refractivity contribution in [3.8, 4) is 0 Å². The van der Waals surface area contributed by atoms with E-state index in [1.54, 1.807) is 0 Å². The van der Waals surface area contributed by atoms with Crippen LogP contribution in [0.4, 0.5) is 0 Å². The average Bonchev–Trinajstić information content (AvgIpc) is 2.85. The number of hydrogen-bond donors (Lipinski definition) is 2. The van der Waals surface area contributed by atoms with E-state index in [9.17, 15) is 14.2 Å². The summed E-state index contributed by atoms with van der Waals surface area (Å²) in [5, 5.41) is 0. The first-order valence-corrected chi connectivity index (χ1v) is 16.4. The van der Waals surface area contributed by atoms with Crippen LogP contribution >= 0.6 is 7.82 Å². The lowest BCUT2D eigenvalue weighted by molar-refractivity contribution is -0.161. The van der Waals surface area contributed by atoms with Gasteiger partial charge >= 0.3 is 19.8 Å². The fourth-order valence-electron chi connectivity index (χ4n) is 4.14. The molecule has 0 aromatic heterocycles. The average molecular weight is 551 g/mol. The number of carbonyl (C=O) groups excluding carboxylic acids is 2. The first-order chi connectivity index (χ1) is 17.8. The van der Waals surface area contributed by atoms with E-state index in [1.165, 1.54) is 77.0 Å². The van der Waals surface area contributed by atoms with Crippen LogP contribution in [0.2, 0.25) is 0 Å². The predicted molar refractivity (Wildman–Crippen MR) is 147 cm³/mol. The van der Waals surface area contributed by atoms with Crippen molar-refractivity contribution < 1.29 is 37.9 Å². The zero-order valence-corrected chi connectivity index (χ0v) is 24.5. The van der Waals surface area contributed by atoms with Gasteiger partial charge in [-0.3, -0.25) is 14.1 Å². The third-order valence-corrected chi connectivity index (χ3v) is 6.86. The standard InChI is InChI=1S/C28H55O8P/c1-3-5-7-9-10-11-12-13-14-15-16-17-18-19-21-23-28(30)36-26(25-35-37(31,32)33)24-34-27(29)22-20-8-6-4-2/h26H,3-25H2,1-2H3,(H2,31,32,33). The predicted octanol–water partition coefficient (Wildman–Crippen LogP) is 7.78. The highest BCUT2D eigenvalue weighted by molar-refractivity contribution is 7.46. The Morgan fingerprint density at radius 1 is 0.595 bits per heavy atom. The Balaban J connectivity index is 3.90. The number of phosphoric ester groups is 1. The van der Waals surface area contributed by atoms with Crippen LogP contribution in [0.15, 0.2) is 0 Å². The summed E-state index contributed by atoms with van der Waals surface area (Å²) in [6.45, 7) is 3.52. The maximum Gasteiger partial charge on any atom is 0.469 e. The molecule has 0 radical (unpaired) electrons. The van der Waals surface area contributed by atoms with E-state index in [2.05, 4.69) is 18.4 Å². The quantitative estimate of drug-likeness (QED) is 0.0604. The molecule has 1 atom stereocenters. The smallest absolute Gasteiger partial charge is 0.462 e. The molecule has 0 amide bonds. The molecule has 0 saturated carbocycles. The maximum absolute atomic E-state index is 12.2. The Morgan fingerprint density at radius 3 is 1.41 bits per heavy atom. The summed E-state index contributed by atoms with van der Waals surface area (Å²) < 4.78 is 25.9. The van der Waals surface area contributed by atoms with E-state index in [1.807, 2.05) is 0 Å². The Labute approximate surface area is 225 Å². The number of unbranched alkanes of at least 4 members (excludes halogenated alkanes) is 17. The summed E-state index contributed by atoms with van der Waals surface area (Å²) in [5.74, 6) is -0.899. The van der Waals surface area contributed by atoms with Gasteiger partial charge in [0.15, 0.2) is 6.10 Å². The summed E-state index contributed by atoms with van der Waals surface area (Å²) >= 11 is 0. The molecule has 0 bridgehead atoms. The highest BCUT2D eigenvalue weighted by atomic mass is 31.2. The van der Waals surface area contributed by atoms with E-state index >= 15 is 0 Å². The van der Waals surface area contributed by atoms with Crippen molar-refractivity contribution in [2.45, 2.75) is 155 Å². The normalized spacial score (nSPS) is 12.4. The van der Waals surface area contributed by atoms with Crippen LogP contribution in [0.5, 0.6) is 0 Å². The first kappa shape index (κ1) is 36.0. The summed E-state index contributed by atoms with van der Waals surface area (Å²) in [6, 6.07) is 0. The minimum Gasteiger partial charge on any atom is -0.462 e. The number of phosphoric acid groups is 1. The number of carbonyl (C=O) groups is 2. The van der Waals surface area contributed by atoms with E-state index < -0.39 is 32.5 Å². The summed E-state index contributed by atoms with van der Waals surface area (Å²) in [4.78, 5) is 41.9. The minimum atomic E-state index is -4.72. The number of hydrogen-bond acceptors (Lipinski definition) is 6. The van der Waals surface area contributed by atoms with Crippen molar-refractivity contribution in [1.82, 2.24) is 0 Å². The lowest BCUT2D eigenvalue weighted by Crippen LogP contribution is -2.29. The lowest BCUT2D eigenvalue weighted by atomic mass is 10.0. The van der Waals surface area contributed by atoms with Gasteiger partial charge < -0.3 is 19.3 Å². The molecule has 0 aliphatic rings. The van der Waals surface area contributed by atoms with Gasteiger partial charge in [-0.25, -0.2) is 4.57 Å². The Bertz CT molecular complexity index is 593. The summed E-state index contributed by atoms with van der Waals surface area (Å²) in [5.41, 5.74) is 0. The summed E-state index contributed by atoms with van der Waals surface area (Å²) in [6.07, 6.45) is 21.8. The fourth-order valence-corrected chi connectivity index (χ4v) is 4.50. The number of ether oxygens (including phenoxy) is 2. The third-order valence-electron chi connectivity index (χ3n) is 6.38. The van der Waals surface area contributed by atoms with E-state index in [4.69, 9.17) is 19.3 Å². The molecule has 8 nitrogen and oxygen atoms in total. The second-order valence-electron chi connectivity index (χ2n) is 10.1. The van der Waals surface area contributed by atoms with E-state index in [-0.39, 0.29) is 19.4 Å². The molecule has 2 N–H and O–H groups in total. The van der Waals surface area contributed by atoms with Crippen LogP contribution < -0.4 is 0 Å². The van der Waals surface area contributed by atoms with Gasteiger partial charge in [0, 0.05) is 12.8 Å². The van der Waals surface area contributed by atoms with Gasteiger partial charge in [0.05, 0.1) is 6.61 Å². The van der Waals surface area contributed by atoms with Gasteiger partial charge in [-0.15, -0.1) is 0 Å². The highest BCUT2D eigenvalue weighted by Crippen LogP contribution is 2.35.